The van der Waals surface area contributed by atoms with Gasteiger partial charge in [0.25, 0.3) is 0 Å². The summed E-state index contributed by atoms with van der Waals surface area (Å²) < 4.78 is 0. The molecular formula is C6H4Cl3N. The van der Waals surface area contributed by atoms with E-state index in [-0.39, 0.29) is 0 Å². The van der Waals surface area contributed by atoms with Gasteiger partial charge in [0.2, 0.25) is 0 Å². The largest absolute Gasteiger partial charge is 0.258 e. The van der Waals surface area contributed by atoms with Crippen LogP contribution in [0.25, 0.3) is 0 Å². The normalized spacial score (nSPS) is 9.90. The van der Waals surface area contributed by atoms with Crippen LogP contribution in [0.1, 0.15) is 5.69 Å². The zero-order chi connectivity index (χ0) is 7.56. The second-order valence-electron chi connectivity index (χ2n) is 1.69. The Morgan fingerprint density at radius 2 is 2.10 bits per heavy atom. The standard InChI is InChI=1S/C6H4Cl3N/c7-3-5-6(9)4(8)1-2-10-5/h1-2H,3H2. The van der Waals surface area contributed by atoms with E-state index >= 15 is 0 Å². The molecule has 1 heterocycles. The second-order valence-corrected chi connectivity index (χ2v) is 2.74. The van der Waals surface area contributed by atoms with Crippen molar-refractivity contribution in [1.82, 2.24) is 4.98 Å². The minimum atomic E-state index is 0.291. The van der Waals surface area contributed by atoms with Crippen LogP contribution in [-0.2, 0) is 5.88 Å². The van der Waals surface area contributed by atoms with Gasteiger partial charge in [0.1, 0.15) is 0 Å². The quantitative estimate of drug-likeness (QED) is 0.629. The third-order valence-electron chi connectivity index (χ3n) is 1.04. The van der Waals surface area contributed by atoms with E-state index in [9.17, 15) is 0 Å². The van der Waals surface area contributed by atoms with E-state index < -0.39 is 0 Å². The van der Waals surface area contributed by atoms with Gasteiger partial charge in [0.05, 0.1) is 21.6 Å². The summed E-state index contributed by atoms with van der Waals surface area (Å²) in [6.45, 7) is 0. The van der Waals surface area contributed by atoms with Crippen molar-refractivity contribution in [3.63, 3.8) is 0 Å². The van der Waals surface area contributed by atoms with E-state index in [4.69, 9.17) is 34.8 Å². The molecule has 0 saturated carbocycles. The van der Waals surface area contributed by atoms with Crippen molar-refractivity contribution in [1.29, 1.82) is 0 Å². The van der Waals surface area contributed by atoms with Crippen molar-refractivity contribution in [3.8, 4) is 0 Å². The highest BCUT2D eigenvalue weighted by atomic mass is 35.5. The van der Waals surface area contributed by atoms with Crippen molar-refractivity contribution < 1.29 is 0 Å². The fraction of sp³-hybridized carbons (Fsp3) is 0.167. The van der Waals surface area contributed by atoms with Crippen molar-refractivity contribution >= 4 is 34.8 Å². The van der Waals surface area contributed by atoms with Crippen LogP contribution in [0.3, 0.4) is 0 Å². The lowest BCUT2D eigenvalue weighted by Gasteiger charge is -1.98. The topological polar surface area (TPSA) is 12.9 Å². The van der Waals surface area contributed by atoms with Gasteiger partial charge in [-0.15, -0.1) is 11.6 Å². The van der Waals surface area contributed by atoms with Gasteiger partial charge in [-0.1, -0.05) is 23.2 Å². The Morgan fingerprint density at radius 3 is 2.60 bits per heavy atom. The molecule has 0 bridgehead atoms. The van der Waals surface area contributed by atoms with E-state index in [1.807, 2.05) is 0 Å². The lowest BCUT2D eigenvalue weighted by atomic mass is 10.4. The van der Waals surface area contributed by atoms with Crippen LogP contribution < -0.4 is 0 Å². The number of aromatic nitrogens is 1. The first-order valence-corrected chi connectivity index (χ1v) is 3.89. The van der Waals surface area contributed by atoms with Crippen LogP contribution in [0.4, 0.5) is 0 Å². The molecule has 4 heteroatoms. The molecule has 1 aromatic heterocycles. The van der Waals surface area contributed by atoms with E-state index in [0.29, 0.717) is 21.6 Å². The van der Waals surface area contributed by atoms with Gasteiger partial charge >= 0.3 is 0 Å². The zero-order valence-electron chi connectivity index (χ0n) is 4.94. The summed E-state index contributed by atoms with van der Waals surface area (Å²) >= 11 is 16.9. The van der Waals surface area contributed by atoms with Crippen LogP contribution in [0.5, 0.6) is 0 Å². The first kappa shape index (κ1) is 8.12. The SMILES string of the molecule is ClCc1nccc(Cl)c1Cl. The van der Waals surface area contributed by atoms with Crippen molar-refractivity contribution in [2.24, 2.45) is 0 Å². The minimum absolute atomic E-state index is 0.291. The molecule has 0 N–H and O–H groups in total. The Hall–Kier alpha value is 0.0200. The number of hydrogen-bond acceptors (Lipinski definition) is 1. The van der Waals surface area contributed by atoms with Crippen molar-refractivity contribution in [2.75, 3.05) is 0 Å². The van der Waals surface area contributed by atoms with Crippen LogP contribution in [0, 0.1) is 0 Å². The van der Waals surface area contributed by atoms with Gasteiger partial charge in [0.15, 0.2) is 0 Å². The molecule has 0 amide bonds. The van der Waals surface area contributed by atoms with Gasteiger partial charge in [-0.25, -0.2) is 0 Å². The summed E-state index contributed by atoms with van der Waals surface area (Å²) in [5, 5.41) is 0.937. The molecule has 0 radical (unpaired) electrons. The number of rotatable bonds is 1. The molecule has 0 atom stereocenters. The third kappa shape index (κ3) is 1.54. The third-order valence-corrected chi connectivity index (χ3v) is 2.13. The minimum Gasteiger partial charge on any atom is -0.258 e. The molecule has 1 aromatic rings. The van der Waals surface area contributed by atoms with E-state index in [1.54, 1.807) is 12.3 Å². The maximum absolute atomic E-state index is 5.71. The smallest absolute Gasteiger partial charge is 0.0820 e. The first-order valence-electron chi connectivity index (χ1n) is 2.60. The summed E-state index contributed by atoms with van der Waals surface area (Å²) in [5.74, 6) is 0.291. The average Bonchev–Trinajstić information content (AvgIpc) is 1.95. The molecule has 0 spiro atoms. The average molecular weight is 196 g/mol. The lowest BCUT2D eigenvalue weighted by Crippen LogP contribution is -1.85. The first-order chi connectivity index (χ1) is 4.75. The van der Waals surface area contributed by atoms with E-state index in [2.05, 4.69) is 4.98 Å². The molecule has 0 aliphatic carbocycles. The molecule has 0 saturated heterocycles. The van der Waals surface area contributed by atoms with Crippen molar-refractivity contribution in [2.45, 2.75) is 5.88 Å². The predicted octanol–water partition coefficient (Wildman–Crippen LogP) is 3.13. The highest BCUT2D eigenvalue weighted by Gasteiger charge is 2.02. The Labute approximate surface area is 73.9 Å². The monoisotopic (exact) mass is 195 g/mol. The fourth-order valence-corrected chi connectivity index (χ4v) is 1.17. The Bertz CT molecular complexity index is 236. The van der Waals surface area contributed by atoms with Gasteiger partial charge in [-0.3, -0.25) is 4.98 Å². The number of alkyl halides is 1. The molecule has 10 heavy (non-hydrogen) atoms. The fourth-order valence-electron chi connectivity index (χ4n) is 0.554. The number of nitrogens with zero attached hydrogens (tertiary/aromatic N) is 1. The lowest BCUT2D eigenvalue weighted by molar-refractivity contribution is 1.17. The highest BCUT2D eigenvalue weighted by molar-refractivity contribution is 6.42. The maximum Gasteiger partial charge on any atom is 0.0820 e. The van der Waals surface area contributed by atoms with Gasteiger partial charge in [-0.2, -0.15) is 0 Å². The number of pyridine rings is 1. The zero-order valence-corrected chi connectivity index (χ0v) is 7.21. The number of hydrogen-bond donors (Lipinski definition) is 0. The summed E-state index contributed by atoms with van der Waals surface area (Å²) in [5.41, 5.74) is 0.621. The van der Waals surface area contributed by atoms with Gasteiger partial charge in [-0.05, 0) is 6.07 Å². The van der Waals surface area contributed by atoms with Crippen LogP contribution >= 0.6 is 34.8 Å². The summed E-state index contributed by atoms with van der Waals surface area (Å²) in [6, 6.07) is 1.62. The molecule has 0 aliphatic rings. The molecule has 1 rings (SSSR count). The Kier molecular flexibility index (Phi) is 2.78. The van der Waals surface area contributed by atoms with Gasteiger partial charge in [0, 0.05) is 6.20 Å². The van der Waals surface area contributed by atoms with E-state index in [0.717, 1.165) is 0 Å². The molecule has 54 valence electrons. The summed E-state index contributed by atoms with van der Waals surface area (Å²) in [6.07, 6.45) is 1.58. The van der Waals surface area contributed by atoms with Crippen LogP contribution in [-0.4, -0.2) is 4.98 Å². The Morgan fingerprint density at radius 1 is 1.40 bits per heavy atom. The highest BCUT2D eigenvalue weighted by Crippen LogP contribution is 2.24. The second kappa shape index (κ2) is 3.42. The van der Waals surface area contributed by atoms with Crippen molar-refractivity contribution in [3.05, 3.63) is 28.0 Å². The van der Waals surface area contributed by atoms with E-state index in [1.165, 1.54) is 0 Å². The van der Waals surface area contributed by atoms with Crippen LogP contribution in [0.15, 0.2) is 12.3 Å². The molecule has 0 aliphatic heterocycles. The molecular weight excluding hydrogens is 192 g/mol. The number of halogens is 3. The summed E-state index contributed by atoms with van der Waals surface area (Å²) in [4.78, 5) is 3.91. The Balaban J connectivity index is 3.14. The van der Waals surface area contributed by atoms with Gasteiger partial charge < -0.3 is 0 Å². The molecule has 0 aromatic carbocycles. The predicted molar refractivity (Wildman–Crippen MR) is 43.8 cm³/mol. The van der Waals surface area contributed by atoms with Crippen LogP contribution in [0.2, 0.25) is 10.0 Å². The molecule has 0 fully saturated rings. The summed E-state index contributed by atoms with van der Waals surface area (Å²) in [7, 11) is 0. The molecule has 1 nitrogen and oxygen atoms in total. The molecule has 0 unspecified atom stereocenters. The maximum atomic E-state index is 5.71.